The Kier molecular flexibility index (Phi) is 7.44. The molecular weight excluding hydrogens is 542 g/mol. The molecule has 0 N–H and O–H groups in total. The molecule has 1 saturated heterocycles. The number of rotatable bonds is 6. The van der Waals surface area contributed by atoms with E-state index in [-0.39, 0.29) is 5.91 Å². The Morgan fingerprint density at radius 3 is 2.48 bits per heavy atom. The highest BCUT2D eigenvalue weighted by Crippen LogP contribution is 2.40. The van der Waals surface area contributed by atoms with Gasteiger partial charge in [-0.25, -0.2) is 0 Å². The summed E-state index contributed by atoms with van der Waals surface area (Å²) in [6, 6.07) is 18.9. The van der Waals surface area contributed by atoms with Gasteiger partial charge in [0.25, 0.3) is 5.91 Å². The van der Waals surface area contributed by atoms with Crippen molar-refractivity contribution in [2.45, 2.75) is 13.5 Å². The SMILES string of the molecule is COc1cc(/C=C2\SC(=S)N(c3ccc(C)cc3)C2=O)cc(Br)c1OCc1ccc(Cl)cc1. The fourth-order valence-electron chi connectivity index (χ4n) is 3.23. The molecule has 0 spiro atoms. The summed E-state index contributed by atoms with van der Waals surface area (Å²) in [6.07, 6.45) is 1.81. The first-order valence-electron chi connectivity index (χ1n) is 9.95. The number of thiocarbonyl (C=S) groups is 1. The first-order chi connectivity index (χ1) is 15.9. The molecule has 8 heteroatoms. The van der Waals surface area contributed by atoms with E-state index < -0.39 is 0 Å². The van der Waals surface area contributed by atoms with Gasteiger partial charge in [-0.3, -0.25) is 9.69 Å². The molecule has 3 aromatic rings. The van der Waals surface area contributed by atoms with Crippen LogP contribution in [-0.4, -0.2) is 17.3 Å². The van der Waals surface area contributed by atoms with Gasteiger partial charge in [0, 0.05) is 5.02 Å². The molecule has 4 nitrogen and oxygen atoms in total. The fraction of sp³-hybridized carbons (Fsp3) is 0.120. The van der Waals surface area contributed by atoms with Crippen molar-refractivity contribution < 1.29 is 14.3 Å². The summed E-state index contributed by atoms with van der Waals surface area (Å²) in [7, 11) is 1.58. The van der Waals surface area contributed by atoms with E-state index in [0.29, 0.717) is 32.4 Å². The first kappa shape index (κ1) is 23.8. The number of methoxy groups -OCH3 is 1. The summed E-state index contributed by atoms with van der Waals surface area (Å²) in [5.74, 6) is 0.988. The van der Waals surface area contributed by atoms with Crippen molar-refractivity contribution in [3.05, 3.63) is 91.8 Å². The van der Waals surface area contributed by atoms with Crippen LogP contribution in [0, 0.1) is 6.92 Å². The Bertz CT molecular complexity index is 1240. The van der Waals surface area contributed by atoms with Gasteiger partial charge in [0.2, 0.25) is 0 Å². The van der Waals surface area contributed by atoms with Gasteiger partial charge in [0.05, 0.1) is 22.2 Å². The first-order valence-corrected chi connectivity index (χ1v) is 12.3. The normalized spacial score (nSPS) is 14.8. The molecule has 33 heavy (non-hydrogen) atoms. The Labute approximate surface area is 215 Å². The molecule has 0 aromatic heterocycles. The maximum atomic E-state index is 13.1. The minimum absolute atomic E-state index is 0.146. The zero-order chi connectivity index (χ0) is 23.5. The number of benzene rings is 3. The van der Waals surface area contributed by atoms with Crippen molar-refractivity contribution >= 4 is 73.5 Å². The number of amides is 1. The Morgan fingerprint density at radius 1 is 1.12 bits per heavy atom. The molecule has 3 aromatic carbocycles. The van der Waals surface area contributed by atoms with E-state index in [9.17, 15) is 4.79 Å². The van der Waals surface area contributed by atoms with Crippen LogP contribution in [0.15, 0.2) is 70.0 Å². The van der Waals surface area contributed by atoms with Gasteiger partial charge in [-0.15, -0.1) is 0 Å². The average molecular weight is 561 g/mol. The molecule has 0 unspecified atom stereocenters. The molecule has 1 amide bonds. The maximum absolute atomic E-state index is 13.1. The second-order valence-electron chi connectivity index (χ2n) is 7.30. The van der Waals surface area contributed by atoms with Crippen LogP contribution in [0.2, 0.25) is 5.02 Å². The number of nitrogens with zero attached hydrogens (tertiary/aromatic N) is 1. The lowest BCUT2D eigenvalue weighted by Gasteiger charge is -2.15. The van der Waals surface area contributed by atoms with Gasteiger partial charge < -0.3 is 9.47 Å². The van der Waals surface area contributed by atoms with E-state index in [1.807, 2.05) is 73.7 Å². The third-order valence-corrected chi connectivity index (χ3v) is 7.08. The molecule has 0 bridgehead atoms. The van der Waals surface area contributed by atoms with Gasteiger partial charge in [-0.2, -0.15) is 0 Å². The Morgan fingerprint density at radius 2 is 1.82 bits per heavy atom. The van der Waals surface area contributed by atoms with Crippen LogP contribution in [0.5, 0.6) is 11.5 Å². The van der Waals surface area contributed by atoms with Crippen LogP contribution < -0.4 is 14.4 Å². The third kappa shape index (κ3) is 5.44. The van der Waals surface area contributed by atoms with Crippen molar-refractivity contribution in [3.63, 3.8) is 0 Å². The van der Waals surface area contributed by atoms with Crippen molar-refractivity contribution in [3.8, 4) is 11.5 Å². The zero-order valence-electron chi connectivity index (χ0n) is 17.8. The topological polar surface area (TPSA) is 38.8 Å². The maximum Gasteiger partial charge on any atom is 0.270 e. The van der Waals surface area contributed by atoms with Crippen LogP contribution >= 0.6 is 51.5 Å². The van der Waals surface area contributed by atoms with E-state index in [2.05, 4.69) is 15.9 Å². The van der Waals surface area contributed by atoms with Crippen LogP contribution in [0.4, 0.5) is 5.69 Å². The summed E-state index contributed by atoms with van der Waals surface area (Å²) >= 11 is 16.3. The molecule has 0 aliphatic carbocycles. The van der Waals surface area contributed by atoms with Gasteiger partial charge in [-0.05, 0) is 76.5 Å². The van der Waals surface area contributed by atoms with Crippen molar-refractivity contribution in [1.82, 2.24) is 0 Å². The number of ether oxygens (including phenoxy) is 2. The summed E-state index contributed by atoms with van der Waals surface area (Å²) < 4.78 is 12.8. The van der Waals surface area contributed by atoms with E-state index in [0.717, 1.165) is 26.9 Å². The summed E-state index contributed by atoms with van der Waals surface area (Å²) in [6.45, 7) is 2.36. The number of aryl methyl sites for hydroxylation is 1. The number of halogens is 2. The monoisotopic (exact) mass is 559 g/mol. The van der Waals surface area contributed by atoms with Gasteiger partial charge in [-0.1, -0.05) is 65.4 Å². The average Bonchev–Trinajstić information content (AvgIpc) is 3.07. The minimum atomic E-state index is -0.146. The fourth-order valence-corrected chi connectivity index (χ4v) is 5.23. The van der Waals surface area contributed by atoms with E-state index in [4.69, 9.17) is 33.3 Å². The molecule has 4 rings (SSSR count). The predicted octanol–water partition coefficient (Wildman–Crippen LogP) is 7.40. The molecule has 168 valence electrons. The highest BCUT2D eigenvalue weighted by Gasteiger charge is 2.33. The Hall–Kier alpha value is -2.32. The molecule has 0 radical (unpaired) electrons. The van der Waals surface area contributed by atoms with Crippen molar-refractivity contribution in [2.24, 2.45) is 0 Å². The number of thioether (sulfide) groups is 1. The number of carbonyl (C=O) groups is 1. The second-order valence-corrected chi connectivity index (χ2v) is 10.3. The van der Waals surface area contributed by atoms with Gasteiger partial charge in [0.15, 0.2) is 15.8 Å². The zero-order valence-corrected chi connectivity index (χ0v) is 21.8. The lowest BCUT2D eigenvalue weighted by atomic mass is 10.1. The molecule has 1 fully saturated rings. The molecule has 1 aliphatic heterocycles. The molecular formula is C25H19BrClNO3S2. The van der Waals surface area contributed by atoms with E-state index in [1.54, 1.807) is 12.0 Å². The molecule has 1 aliphatic rings. The van der Waals surface area contributed by atoms with Crippen LogP contribution in [0.1, 0.15) is 16.7 Å². The standard InChI is InChI=1S/C25H19BrClNO3S2/c1-15-3-9-19(10-4-15)28-24(29)22(33-25(28)32)13-17-11-20(26)23(21(12-17)30-2)31-14-16-5-7-18(27)8-6-16/h3-13H,14H2,1-2H3/b22-13-. The lowest BCUT2D eigenvalue weighted by Crippen LogP contribution is -2.27. The van der Waals surface area contributed by atoms with E-state index in [1.165, 1.54) is 11.8 Å². The predicted molar refractivity (Wildman–Crippen MR) is 143 cm³/mol. The minimum Gasteiger partial charge on any atom is -0.493 e. The number of hydrogen-bond acceptors (Lipinski definition) is 5. The number of anilines is 1. The van der Waals surface area contributed by atoms with Gasteiger partial charge >= 0.3 is 0 Å². The van der Waals surface area contributed by atoms with Crippen LogP contribution in [0.3, 0.4) is 0 Å². The highest BCUT2D eigenvalue weighted by atomic mass is 79.9. The van der Waals surface area contributed by atoms with Crippen LogP contribution in [-0.2, 0) is 11.4 Å². The van der Waals surface area contributed by atoms with Crippen LogP contribution in [0.25, 0.3) is 6.08 Å². The van der Waals surface area contributed by atoms with E-state index >= 15 is 0 Å². The quantitative estimate of drug-likeness (QED) is 0.232. The highest BCUT2D eigenvalue weighted by molar-refractivity contribution is 9.10. The summed E-state index contributed by atoms with van der Waals surface area (Å²) in [5.41, 5.74) is 3.66. The number of carbonyl (C=O) groups excluding carboxylic acids is 1. The lowest BCUT2D eigenvalue weighted by molar-refractivity contribution is -0.113. The molecule has 1 heterocycles. The molecule has 0 saturated carbocycles. The summed E-state index contributed by atoms with van der Waals surface area (Å²) in [4.78, 5) is 15.2. The largest absolute Gasteiger partial charge is 0.493 e. The number of hydrogen-bond donors (Lipinski definition) is 0. The second kappa shape index (κ2) is 10.3. The van der Waals surface area contributed by atoms with Crippen molar-refractivity contribution in [2.75, 3.05) is 12.0 Å². The smallest absolute Gasteiger partial charge is 0.270 e. The Balaban J connectivity index is 1.57. The third-order valence-electron chi connectivity index (χ3n) is 4.93. The van der Waals surface area contributed by atoms with Crippen molar-refractivity contribution in [1.29, 1.82) is 0 Å². The molecule has 0 atom stereocenters. The van der Waals surface area contributed by atoms with Gasteiger partial charge in [0.1, 0.15) is 6.61 Å². The summed E-state index contributed by atoms with van der Waals surface area (Å²) in [5, 5.41) is 0.676.